The summed E-state index contributed by atoms with van der Waals surface area (Å²) in [5, 5.41) is 0. The molecule has 1 saturated heterocycles. The van der Waals surface area contributed by atoms with Gasteiger partial charge in [0.15, 0.2) is 6.61 Å². The van der Waals surface area contributed by atoms with E-state index in [1.54, 1.807) is 29.2 Å². The summed E-state index contributed by atoms with van der Waals surface area (Å²) >= 11 is 0. The molecular weight excluding hydrogens is 396 g/mol. The van der Waals surface area contributed by atoms with Gasteiger partial charge in [0.1, 0.15) is 5.75 Å². The van der Waals surface area contributed by atoms with Crippen LogP contribution in [0, 0.1) is 19.8 Å². The molecule has 31 heavy (non-hydrogen) atoms. The molecule has 1 aromatic carbocycles. The van der Waals surface area contributed by atoms with Crippen molar-refractivity contribution in [3.63, 3.8) is 0 Å². The van der Waals surface area contributed by atoms with E-state index in [9.17, 15) is 14.4 Å². The maximum Gasteiger partial charge on any atom is 0.311 e. The molecule has 0 aliphatic carbocycles. The Morgan fingerprint density at radius 2 is 2.00 bits per heavy atom. The standard InChI is InChI=1S/C24H28N2O5/c1-5-11-25-16(3)12-19(17(25)4)21(27)15-31-24(29)18-13-23(28)26(14-18)20-9-7-8-10-22(20)30-6-2/h5,7-10,12,18H,1,6,11,13-15H2,2-4H3/t18-/m0/s1. The highest BCUT2D eigenvalue weighted by molar-refractivity contribution is 6.02. The number of carbonyl (C=O) groups is 3. The summed E-state index contributed by atoms with van der Waals surface area (Å²) in [5.41, 5.74) is 2.92. The first-order valence-corrected chi connectivity index (χ1v) is 10.4. The van der Waals surface area contributed by atoms with Gasteiger partial charge in [0.05, 0.1) is 18.2 Å². The van der Waals surface area contributed by atoms with E-state index in [1.165, 1.54) is 0 Å². The molecule has 0 N–H and O–H groups in total. The van der Waals surface area contributed by atoms with Crippen LogP contribution in [-0.2, 0) is 20.9 Å². The average Bonchev–Trinajstić information content (AvgIpc) is 3.27. The van der Waals surface area contributed by atoms with E-state index in [4.69, 9.17) is 9.47 Å². The predicted octanol–water partition coefficient (Wildman–Crippen LogP) is 3.47. The van der Waals surface area contributed by atoms with Crippen LogP contribution < -0.4 is 9.64 Å². The zero-order valence-corrected chi connectivity index (χ0v) is 18.2. The number of hydrogen-bond acceptors (Lipinski definition) is 5. The molecule has 1 atom stereocenters. The summed E-state index contributed by atoms with van der Waals surface area (Å²) in [6.07, 6.45) is 1.81. The van der Waals surface area contributed by atoms with Crippen LogP contribution in [0.15, 0.2) is 43.0 Å². The third-order valence-corrected chi connectivity index (χ3v) is 5.45. The molecule has 1 aliphatic rings. The van der Waals surface area contributed by atoms with E-state index in [2.05, 4.69) is 6.58 Å². The number of allylic oxidation sites excluding steroid dienone is 1. The number of aryl methyl sites for hydroxylation is 1. The number of para-hydroxylation sites is 2. The van der Waals surface area contributed by atoms with Crippen LogP contribution in [-0.4, -0.2) is 42.0 Å². The lowest BCUT2D eigenvalue weighted by atomic mass is 10.1. The highest BCUT2D eigenvalue weighted by Crippen LogP contribution is 2.33. The lowest BCUT2D eigenvalue weighted by Crippen LogP contribution is -2.27. The van der Waals surface area contributed by atoms with E-state index < -0.39 is 11.9 Å². The molecule has 0 saturated carbocycles. The molecule has 1 amide bonds. The van der Waals surface area contributed by atoms with Gasteiger partial charge in [-0.2, -0.15) is 0 Å². The summed E-state index contributed by atoms with van der Waals surface area (Å²) in [6.45, 7) is 10.3. The van der Waals surface area contributed by atoms with Crippen molar-refractivity contribution >= 4 is 23.3 Å². The van der Waals surface area contributed by atoms with Gasteiger partial charge in [-0.15, -0.1) is 6.58 Å². The van der Waals surface area contributed by atoms with Gasteiger partial charge in [-0.1, -0.05) is 18.2 Å². The van der Waals surface area contributed by atoms with E-state index in [0.29, 0.717) is 30.2 Å². The van der Waals surface area contributed by atoms with Crippen LogP contribution in [0.2, 0.25) is 0 Å². The molecule has 1 aromatic heterocycles. The number of Topliss-reactive ketones (excluding diaryl/α,β-unsaturated/α-hetero) is 1. The van der Waals surface area contributed by atoms with Gasteiger partial charge < -0.3 is 18.9 Å². The zero-order chi connectivity index (χ0) is 22.5. The van der Waals surface area contributed by atoms with Crippen molar-refractivity contribution in [3.05, 3.63) is 59.9 Å². The Kier molecular flexibility index (Phi) is 6.95. The third kappa shape index (κ3) is 4.71. The molecule has 1 fully saturated rings. The number of esters is 1. The monoisotopic (exact) mass is 424 g/mol. The fraction of sp³-hybridized carbons (Fsp3) is 0.375. The van der Waals surface area contributed by atoms with Crippen molar-refractivity contribution in [1.82, 2.24) is 4.57 Å². The number of aromatic nitrogens is 1. The number of ether oxygens (including phenoxy) is 2. The molecular formula is C24H28N2O5. The average molecular weight is 424 g/mol. The number of ketones is 1. The van der Waals surface area contributed by atoms with E-state index in [1.807, 2.05) is 37.5 Å². The van der Waals surface area contributed by atoms with E-state index in [0.717, 1.165) is 11.4 Å². The summed E-state index contributed by atoms with van der Waals surface area (Å²) in [7, 11) is 0. The van der Waals surface area contributed by atoms with Gasteiger partial charge in [0.25, 0.3) is 0 Å². The molecule has 2 heterocycles. The molecule has 2 aromatic rings. The summed E-state index contributed by atoms with van der Waals surface area (Å²) in [5.74, 6) is -1.01. The number of rotatable bonds is 9. The summed E-state index contributed by atoms with van der Waals surface area (Å²) < 4.78 is 12.9. The van der Waals surface area contributed by atoms with Gasteiger partial charge in [0.2, 0.25) is 11.7 Å². The van der Waals surface area contributed by atoms with E-state index in [-0.39, 0.29) is 31.3 Å². The van der Waals surface area contributed by atoms with Crippen LogP contribution in [0.5, 0.6) is 5.75 Å². The molecule has 7 nitrogen and oxygen atoms in total. The van der Waals surface area contributed by atoms with Crippen LogP contribution >= 0.6 is 0 Å². The van der Waals surface area contributed by atoms with Gasteiger partial charge >= 0.3 is 5.97 Å². The lowest BCUT2D eigenvalue weighted by molar-refractivity contribution is -0.147. The topological polar surface area (TPSA) is 77.8 Å². The molecule has 1 aliphatic heterocycles. The maximum absolute atomic E-state index is 12.6. The molecule has 0 spiro atoms. The first-order chi connectivity index (χ1) is 14.9. The molecule has 7 heteroatoms. The Labute approximate surface area is 182 Å². The Morgan fingerprint density at radius 3 is 2.71 bits per heavy atom. The Hall–Kier alpha value is -3.35. The van der Waals surface area contributed by atoms with Crippen molar-refractivity contribution in [1.29, 1.82) is 0 Å². The van der Waals surface area contributed by atoms with Gasteiger partial charge in [-0.05, 0) is 39.0 Å². The van der Waals surface area contributed by atoms with E-state index >= 15 is 0 Å². The quantitative estimate of drug-likeness (QED) is 0.350. The van der Waals surface area contributed by atoms with Crippen LogP contribution in [0.4, 0.5) is 5.69 Å². The van der Waals surface area contributed by atoms with Gasteiger partial charge in [-0.3, -0.25) is 14.4 Å². The fourth-order valence-electron chi connectivity index (χ4n) is 3.88. The highest BCUT2D eigenvalue weighted by atomic mass is 16.5. The number of hydrogen-bond donors (Lipinski definition) is 0. The fourth-order valence-corrected chi connectivity index (χ4v) is 3.88. The molecule has 0 radical (unpaired) electrons. The van der Waals surface area contributed by atoms with Crippen molar-refractivity contribution < 1.29 is 23.9 Å². The van der Waals surface area contributed by atoms with Crippen molar-refractivity contribution in [2.24, 2.45) is 5.92 Å². The normalized spacial score (nSPS) is 15.8. The molecule has 0 unspecified atom stereocenters. The maximum atomic E-state index is 12.6. The number of carbonyl (C=O) groups excluding carboxylic acids is 3. The van der Waals surface area contributed by atoms with Crippen LogP contribution in [0.3, 0.4) is 0 Å². The highest BCUT2D eigenvalue weighted by Gasteiger charge is 2.37. The first kappa shape index (κ1) is 22.3. The second-order valence-electron chi connectivity index (χ2n) is 7.52. The van der Waals surface area contributed by atoms with Gasteiger partial charge in [0, 0.05) is 36.5 Å². The first-order valence-electron chi connectivity index (χ1n) is 10.4. The van der Waals surface area contributed by atoms with Crippen LogP contribution in [0.1, 0.15) is 35.1 Å². The number of nitrogens with zero attached hydrogens (tertiary/aromatic N) is 2. The largest absolute Gasteiger partial charge is 0.492 e. The Bertz CT molecular complexity index is 1010. The minimum absolute atomic E-state index is 0.0430. The second-order valence-corrected chi connectivity index (χ2v) is 7.52. The number of anilines is 1. The minimum Gasteiger partial charge on any atom is -0.492 e. The van der Waals surface area contributed by atoms with Gasteiger partial charge in [-0.25, -0.2) is 0 Å². The minimum atomic E-state index is -0.622. The molecule has 164 valence electrons. The third-order valence-electron chi connectivity index (χ3n) is 5.45. The Balaban J connectivity index is 1.63. The SMILES string of the molecule is C=CCn1c(C)cc(C(=O)COC(=O)[C@H]2CC(=O)N(c3ccccc3OCC)C2)c1C. The zero-order valence-electron chi connectivity index (χ0n) is 18.2. The Morgan fingerprint density at radius 1 is 1.26 bits per heavy atom. The molecule has 0 bridgehead atoms. The van der Waals surface area contributed by atoms with Crippen molar-refractivity contribution in [2.45, 2.75) is 33.7 Å². The summed E-state index contributed by atoms with van der Waals surface area (Å²) in [6, 6.07) is 9.02. The van der Waals surface area contributed by atoms with Crippen molar-refractivity contribution in [2.75, 3.05) is 24.7 Å². The number of benzene rings is 1. The molecule has 3 rings (SSSR count). The number of amides is 1. The second kappa shape index (κ2) is 9.64. The van der Waals surface area contributed by atoms with Crippen LogP contribution in [0.25, 0.3) is 0 Å². The lowest BCUT2D eigenvalue weighted by Gasteiger charge is -2.19. The van der Waals surface area contributed by atoms with Crippen molar-refractivity contribution in [3.8, 4) is 5.75 Å². The predicted molar refractivity (Wildman–Crippen MR) is 117 cm³/mol. The summed E-state index contributed by atoms with van der Waals surface area (Å²) in [4.78, 5) is 39.3. The smallest absolute Gasteiger partial charge is 0.311 e.